The summed E-state index contributed by atoms with van der Waals surface area (Å²) in [7, 11) is 1.74. The highest BCUT2D eigenvalue weighted by Crippen LogP contribution is 2.36. The highest BCUT2D eigenvalue weighted by Gasteiger charge is 2.32. The number of nitrogens with one attached hydrogen (secondary N) is 1. The van der Waals surface area contributed by atoms with Gasteiger partial charge in [0.2, 0.25) is 23.7 Å². The number of nitrogen functional groups attached to an aromatic ring is 1. The zero-order valence-corrected chi connectivity index (χ0v) is 51.0. The lowest BCUT2D eigenvalue weighted by Gasteiger charge is -2.14. The summed E-state index contributed by atoms with van der Waals surface area (Å²) in [5.74, 6) is 3.36. The molecule has 0 radical (unpaired) electrons. The Morgan fingerprint density at radius 1 is 0.473 bits per heavy atom. The zero-order valence-electron chi connectivity index (χ0n) is 49.5. The minimum Gasteiger partial charge on any atom is -0.438 e. The molecule has 26 heteroatoms. The highest BCUT2D eigenvalue weighted by molar-refractivity contribution is 6.29. The van der Waals surface area contributed by atoms with Crippen LogP contribution >= 0.6 is 23.2 Å². The van der Waals surface area contributed by atoms with Gasteiger partial charge in [-0.1, -0.05) is 89.9 Å². The molecule has 0 bridgehead atoms. The second-order valence-electron chi connectivity index (χ2n) is 20.2. The number of rotatable bonds is 16. The number of Topliss-reactive ketones (excluding diaryl/α,β-unsaturated/α-hetero) is 2. The van der Waals surface area contributed by atoms with Gasteiger partial charge in [-0.3, -0.25) is 9.59 Å². The van der Waals surface area contributed by atoms with E-state index in [2.05, 4.69) is 40.2 Å². The molecule has 91 heavy (non-hydrogen) atoms. The molecule has 0 fully saturated rings. The third-order valence-electron chi connectivity index (χ3n) is 12.7. The number of aryl methyl sites for hydroxylation is 6. The molecule has 9 rings (SSSR count). The Morgan fingerprint density at radius 3 is 1.18 bits per heavy atom. The number of anilines is 2. The van der Waals surface area contributed by atoms with Crippen molar-refractivity contribution in [2.45, 2.75) is 85.8 Å². The highest BCUT2D eigenvalue weighted by atomic mass is 35.5. The fourth-order valence-electron chi connectivity index (χ4n) is 8.90. The molecule has 0 unspecified atom stereocenters. The van der Waals surface area contributed by atoms with Gasteiger partial charge in [0, 0.05) is 56.6 Å². The van der Waals surface area contributed by atoms with Crippen LogP contribution in [0.4, 0.5) is 56.7 Å². The second kappa shape index (κ2) is 31.6. The fraction of sp³-hybridized carbons (Fsp3) is 0.215. The van der Waals surface area contributed by atoms with Crippen molar-refractivity contribution < 1.29 is 68.1 Å². The van der Waals surface area contributed by atoms with Crippen LogP contribution in [0.1, 0.15) is 72.3 Å². The Labute approximate surface area is 526 Å². The summed E-state index contributed by atoms with van der Waals surface area (Å²) in [5.41, 5.74) is 11.4. The number of ketones is 2. The van der Waals surface area contributed by atoms with Crippen LogP contribution in [0.15, 0.2) is 151 Å². The average Bonchev–Trinajstić information content (AvgIpc) is 3.70. The number of aromatic nitrogens is 6. The molecular formula is C65H56Cl2F9N9O6. The Balaban J connectivity index is 0.000000204. The molecule has 3 N–H and O–H groups in total. The van der Waals surface area contributed by atoms with Crippen LogP contribution in [-0.2, 0) is 58.6 Å². The monoisotopic (exact) mass is 1300 g/mol. The van der Waals surface area contributed by atoms with Gasteiger partial charge >= 0.3 is 18.5 Å². The lowest BCUT2D eigenvalue weighted by molar-refractivity contribution is -0.138. The van der Waals surface area contributed by atoms with E-state index in [0.717, 1.165) is 86.7 Å². The van der Waals surface area contributed by atoms with Gasteiger partial charge in [0.05, 0.1) is 22.4 Å². The predicted octanol–water partition coefficient (Wildman–Crippen LogP) is 17.0. The van der Waals surface area contributed by atoms with Crippen molar-refractivity contribution in [3.05, 3.63) is 229 Å². The van der Waals surface area contributed by atoms with E-state index in [1.165, 1.54) is 67.5 Å². The Bertz CT molecular complexity index is 4020. The topological polar surface area (TPSA) is 207 Å². The van der Waals surface area contributed by atoms with E-state index in [1.807, 2.05) is 77.9 Å². The largest absolute Gasteiger partial charge is 0.438 e. The molecule has 9 aromatic rings. The number of nitrogens with zero attached hydrogens (tertiary/aromatic N) is 7. The van der Waals surface area contributed by atoms with Crippen molar-refractivity contribution in [1.29, 1.82) is 0 Å². The van der Waals surface area contributed by atoms with E-state index < -0.39 is 35.2 Å². The molecule has 0 saturated heterocycles. The van der Waals surface area contributed by atoms with Gasteiger partial charge in [0.25, 0.3) is 0 Å². The summed E-state index contributed by atoms with van der Waals surface area (Å²) >= 11 is 11.6. The van der Waals surface area contributed by atoms with E-state index in [4.69, 9.17) is 43.1 Å². The first kappa shape index (κ1) is 70.3. The number of alkyl halides is 9. The Kier molecular flexibility index (Phi) is 24.4. The molecule has 3 aromatic heterocycles. The number of carbonyl (C=O) groups is 2. The van der Waals surface area contributed by atoms with Crippen LogP contribution in [0.5, 0.6) is 34.9 Å². The fourth-order valence-corrected chi connectivity index (χ4v) is 9.17. The van der Waals surface area contributed by atoms with Crippen LogP contribution in [0.3, 0.4) is 0 Å². The van der Waals surface area contributed by atoms with E-state index in [0.29, 0.717) is 56.9 Å². The third-order valence-corrected chi connectivity index (χ3v) is 13.1. The predicted molar refractivity (Wildman–Crippen MR) is 325 cm³/mol. The summed E-state index contributed by atoms with van der Waals surface area (Å²) in [4.78, 5) is 61.5. The minimum atomic E-state index is -4.43. The number of nitrogens with two attached hydrogens (primary N) is 1. The van der Waals surface area contributed by atoms with Crippen LogP contribution in [0.2, 0.25) is 10.3 Å². The Morgan fingerprint density at radius 2 is 0.813 bits per heavy atom. The van der Waals surface area contributed by atoms with Crippen LogP contribution in [-0.4, -0.2) is 54.6 Å². The second-order valence-corrected chi connectivity index (χ2v) is 21.0. The molecule has 15 nitrogen and oxygen atoms in total. The molecule has 0 saturated carbocycles. The van der Waals surface area contributed by atoms with Crippen molar-refractivity contribution in [2.24, 2.45) is 4.99 Å². The van der Waals surface area contributed by atoms with E-state index in [9.17, 15) is 53.9 Å². The van der Waals surface area contributed by atoms with E-state index >= 15 is 0 Å². The van der Waals surface area contributed by atoms with Gasteiger partial charge in [0.15, 0.2) is 0 Å². The molecule has 0 aliphatic carbocycles. The molecule has 0 spiro atoms. The van der Waals surface area contributed by atoms with Crippen LogP contribution < -0.4 is 25.3 Å². The number of hydrogen-bond donors (Lipinski definition) is 2. The molecule has 6 aromatic carbocycles. The quantitative estimate of drug-likeness (QED) is 0.0303. The number of isocyanates is 1. The van der Waals surface area contributed by atoms with E-state index in [-0.39, 0.29) is 48.1 Å². The van der Waals surface area contributed by atoms with Crippen molar-refractivity contribution >= 4 is 58.0 Å². The first-order valence-corrected chi connectivity index (χ1v) is 27.8. The summed E-state index contributed by atoms with van der Waals surface area (Å²) in [6, 6.07) is 29.6. The van der Waals surface area contributed by atoms with Gasteiger partial charge in [0.1, 0.15) is 63.9 Å². The molecule has 0 aliphatic rings. The van der Waals surface area contributed by atoms with Gasteiger partial charge in [-0.15, -0.1) is 0 Å². The average molecular weight is 1300 g/mol. The van der Waals surface area contributed by atoms with Gasteiger partial charge in [-0.2, -0.15) is 44.5 Å². The van der Waals surface area contributed by atoms with Crippen molar-refractivity contribution in [3.8, 4) is 34.9 Å². The molecule has 0 amide bonds. The van der Waals surface area contributed by atoms with Crippen LogP contribution in [0.25, 0.3) is 0 Å². The smallest absolute Gasteiger partial charge is 0.416 e. The standard InChI is InChI=1S/C23H22F3N3O2.C22H18ClF3N2O2.C12H12ClN3O.C8H4F3NO/c1-14-7-17(8-15(2)22(14)31-21-12-20(27-3)28-13-29-21)11-19(30)10-16-5-4-6-18(9-16)23(24,25)26;1-13-6-16(7-14(2)21(13)30-20-11-19(23)27-12-28-20)10-18(29)9-15-4-3-5-17(8-15)22(24,25)26;1-7-3-9(14)4-8(2)12(7)17-11-5-10(13)15-6-16-11;9-8(10,11)6-2-1-3-7(4-6)12-5-13/h4-9,12-13H,10-11H2,1-3H3,(H,27,28,29);3-8,11-12H,9-10H2,1-2H3;3-6H,14H2,1-2H3;1-4H. The zero-order chi connectivity index (χ0) is 66.8. The maximum absolute atomic E-state index is 12.9. The molecule has 0 atom stereocenters. The van der Waals surface area contributed by atoms with Gasteiger partial charge in [-0.25, -0.2) is 34.7 Å². The molecule has 0 aliphatic heterocycles. The lowest BCUT2D eigenvalue weighted by Crippen LogP contribution is -2.10. The van der Waals surface area contributed by atoms with Gasteiger partial charge in [-0.05, 0) is 140 Å². The number of halogens is 11. The number of aliphatic imine (C=N–C) groups is 1. The minimum absolute atomic E-state index is 0.0511. The summed E-state index contributed by atoms with van der Waals surface area (Å²) < 4.78 is 131. The maximum atomic E-state index is 12.9. The molecular weight excluding hydrogens is 1240 g/mol. The normalized spacial score (nSPS) is 11.1. The summed E-state index contributed by atoms with van der Waals surface area (Å²) in [6.07, 6.45) is -7.95. The lowest BCUT2D eigenvalue weighted by atomic mass is 9.98. The van der Waals surface area contributed by atoms with Crippen molar-refractivity contribution in [1.82, 2.24) is 29.9 Å². The Hall–Kier alpha value is -9.77. The molecule has 3 heterocycles. The van der Waals surface area contributed by atoms with Crippen molar-refractivity contribution in [3.63, 3.8) is 0 Å². The number of ether oxygens (including phenoxy) is 3. The van der Waals surface area contributed by atoms with Crippen molar-refractivity contribution in [2.75, 3.05) is 18.1 Å². The first-order chi connectivity index (χ1) is 42.9. The van der Waals surface area contributed by atoms with Crippen LogP contribution in [0, 0.1) is 41.5 Å². The third kappa shape index (κ3) is 22.0. The van der Waals surface area contributed by atoms with Gasteiger partial charge < -0.3 is 25.3 Å². The molecule has 474 valence electrons. The maximum Gasteiger partial charge on any atom is 0.416 e. The first-order valence-electron chi connectivity index (χ1n) is 27.0. The SMILES string of the molecule is CNc1cc(Oc2c(C)cc(CC(=O)Cc3cccc(C(F)(F)F)c3)cc2C)ncn1.Cc1cc(CC(=O)Cc2cccc(C(F)(F)F)c2)cc(C)c1Oc1cc(Cl)ncn1.Cc1cc(N)cc(C)c1Oc1cc(Cl)ncn1.O=C=Nc1cccc(C(F)(F)F)c1. The number of hydrogen-bond acceptors (Lipinski definition) is 15. The number of carbonyl (C=O) groups excluding carboxylic acids is 3. The van der Waals surface area contributed by atoms with E-state index in [1.54, 1.807) is 19.2 Å². The summed E-state index contributed by atoms with van der Waals surface area (Å²) in [6.45, 7) is 11.3. The number of benzene rings is 6. The summed E-state index contributed by atoms with van der Waals surface area (Å²) in [5, 5.41) is 3.52.